The van der Waals surface area contributed by atoms with Gasteiger partial charge >= 0.3 is 35.0 Å². The number of hydrogen-bond acceptors (Lipinski definition) is 3. The molecule has 1 atom stereocenters. The Morgan fingerprint density at radius 1 is 1.64 bits per heavy atom. The Hall–Kier alpha value is -0.554. The number of rotatable bonds is 3. The van der Waals surface area contributed by atoms with Gasteiger partial charge in [-0.15, -0.1) is 0 Å². The van der Waals surface area contributed by atoms with Crippen LogP contribution in [0.5, 0.6) is 0 Å². The highest BCUT2D eigenvalue weighted by Gasteiger charge is 2.13. The van der Waals surface area contributed by atoms with Gasteiger partial charge in [-0.3, -0.25) is 0 Å². The fourth-order valence-corrected chi connectivity index (χ4v) is 0.273. The van der Waals surface area contributed by atoms with Crippen LogP contribution in [-0.2, 0) is 14.3 Å². The van der Waals surface area contributed by atoms with Crippen LogP contribution >= 0.6 is 0 Å². The lowest BCUT2D eigenvalue weighted by Crippen LogP contribution is -2.22. The molecule has 0 saturated carbocycles. The third kappa shape index (κ3) is 5.87. The van der Waals surface area contributed by atoms with Gasteiger partial charge in [-0.05, 0) is 6.92 Å². The summed E-state index contributed by atoms with van der Waals surface area (Å²) in [5.74, 6) is -1.90. The summed E-state index contributed by atoms with van der Waals surface area (Å²) in [6.07, 6.45) is -0.190. The van der Waals surface area contributed by atoms with Gasteiger partial charge in [-0.2, -0.15) is 0 Å². The number of carbonyl (C=O) groups excluding carboxylic acids is 1. The second kappa shape index (κ2) is 6.18. The molecule has 4 nitrogen and oxygen atoms in total. The lowest BCUT2D eigenvalue weighted by molar-refractivity contribution is -0.159. The molecule has 0 rings (SSSR count). The van der Waals surface area contributed by atoms with Crippen molar-refractivity contribution < 1.29 is 19.4 Å². The van der Waals surface area contributed by atoms with E-state index in [1.807, 2.05) is 0 Å². The summed E-state index contributed by atoms with van der Waals surface area (Å²) in [6, 6.07) is 0. The van der Waals surface area contributed by atoms with Crippen molar-refractivity contribution >= 4 is 35.0 Å². The van der Waals surface area contributed by atoms with E-state index in [-0.39, 0.29) is 23.1 Å². The molecule has 0 amide bonds. The third-order valence-electron chi connectivity index (χ3n) is 0.807. The molecule has 11 heavy (non-hydrogen) atoms. The van der Waals surface area contributed by atoms with Crippen LogP contribution in [-0.4, -0.2) is 46.2 Å². The van der Waals surface area contributed by atoms with Crippen molar-refractivity contribution in [3.05, 3.63) is 12.7 Å². The SMILES string of the molecule is C=CC(=O)OC(C)C(=O)O.[MgH2]. The molecule has 0 aromatic heterocycles. The predicted molar refractivity (Wildman–Crippen MR) is 41.9 cm³/mol. The predicted octanol–water partition coefficient (Wildman–Crippen LogP) is -0.728. The Morgan fingerprint density at radius 2 is 2.09 bits per heavy atom. The quantitative estimate of drug-likeness (QED) is 0.345. The smallest absolute Gasteiger partial charge is 0.344 e. The first-order valence-corrected chi connectivity index (χ1v) is 2.63. The highest BCUT2D eigenvalue weighted by molar-refractivity contribution is 5.84. The Bertz CT molecular complexity index is 166. The van der Waals surface area contributed by atoms with Gasteiger partial charge in [0.15, 0.2) is 6.10 Å². The number of carboxylic acids is 1. The van der Waals surface area contributed by atoms with Gasteiger partial charge in [0.25, 0.3) is 0 Å². The molecule has 0 aromatic rings. The van der Waals surface area contributed by atoms with Crippen molar-refractivity contribution in [2.24, 2.45) is 0 Å². The molecule has 0 aliphatic heterocycles. The Kier molecular flexibility index (Phi) is 7.34. The van der Waals surface area contributed by atoms with Crippen molar-refractivity contribution in [2.45, 2.75) is 13.0 Å². The second-order valence-corrected chi connectivity index (χ2v) is 1.62. The molecule has 0 bridgehead atoms. The number of hydrogen-bond donors (Lipinski definition) is 1. The molecule has 0 aromatic carbocycles. The molecule has 1 unspecified atom stereocenters. The highest BCUT2D eigenvalue weighted by atomic mass is 24.3. The minimum Gasteiger partial charge on any atom is -0.479 e. The number of ether oxygens (including phenoxy) is 1. The summed E-state index contributed by atoms with van der Waals surface area (Å²) in [6.45, 7) is 4.37. The van der Waals surface area contributed by atoms with Crippen LogP contribution in [0.25, 0.3) is 0 Å². The summed E-state index contributed by atoms with van der Waals surface area (Å²) in [5.41, 5.74) is 0. The van der Waals surface area contributed by atoms with Gasteiger partial charge in [0.1, 0.15) is 0 Å². The van der Waals surface area contributed by atoms with Crippen LogP contribution in [0.3, 0.4) is 0 Å². The van der Waals surface area contributed by atoms with Crippen molar-refractivity contribution in [2.75, 3.05) is 0 Å². The van der Waals surface area contributed by atoms with Gasteiger partial charge in [0, 0.05) is 6.08 Å². The first-order chi connectivity index (χ1) is 4.57. The van der Waals surface area contributed by atoms with Crippen molar-refractivity contribution in [1.29, 1.82) is 0 Å². The molecule has 60 valence electrons. The number of esters is 1. The maximum Gasteiger partial charge on any atom is 0.344 e. The summed E-state index contributed by atoms with van der Waals surface area (Å²) in [7, 11) is 0. The lowest BCUT2D eigenvalue weighted by Gasteiger charge is -2.04. The standard InChI is InChI=1S/C6H8O4.Mg.2H/c1-3-5(7)10-4(2)6(8)9;;;/h3-4H,1H2,2H3,(H,8,9);;;. The number of carbonyl (C=O) groups is 2. The molecular formula is C6H10MgO4. The van der Waals surface area contributed by atoms with E-state index in [0.29, 0.717) is 0 Å². The van der Waals surface area contributed by atoms with Gasteiger partial charge in [-0.25, -0.2) is 9.59 Å². The molecule has 0 radical (unpaired) electrons. The maximum absolute atomic E-state index is 10.3. The topological polar surface area (TPSA) is 63.6 Å². The molecule has 5 heteroatoms. The van der Waals surface area contributed by atoms with E-state index < -0.39 is 18.0 Å². The highest BCUT2D eigenvalue weighted by Crippen LogP contribution is 1.90. The lowest BCUT2D eigenvalue weighted by atomic mass is 10.4. The van der Waals surface area contributed by atoms with Crippen LogP contribution in [0.4, 0.5) is 0 Å². The van der Waals surface area contributed by atoms with Crippen LogP contribution in [0.15, 0.2) is 12.7 Å². The van der Waals surface area contributed by atoms with Gasteiger partial charge < -0.3 is 9.84 Å². The number of carboxylic acid groups (broad SMARTS) is 1. The minimum absolute atomic E-state index is 0. The van der Waals surface area contributed by atoms with Crippen LogP contribution in [0, 0.1) is 0 Å². The molecule has 0 heterocycles. The summed E-state index contributed by atoms with van der Waals surface area (Å²) in [5, 5.41) is 8.21. The first kappa shape index (κ1) is 13.1. The Labute approximate surface area is 80.4 Å². The summed E-state index contributed by atoms with van der Waals surface area (Å²) in [4.78, 5) is 20.4. The van der Waals surface area contributed by atoms with Crippen LogP contribution < -0.4 is 0 Å². The van der Waals surface area contributed by atoms with E-state index in [0.717, 1.165) is 6.08 Å². The molecular weight excluding hydrogens is 160 g/mol. The van der Waals surface area contributed by atoms with Crippen LogP contribution in [0.2, 0.25) is 0 Å². The largest absolute Gasteiger partial charge is 0.479 e. The van der Waals surface area contributed by atoms with E-state index in [9.17, 15) is 9.59 Å². The fraction of sp³-hybridized carbons (Fsp3) is 0.333. The summed E-state index contributed by atoms with van der Waals surface area (Å²) < 4.78 is 4.30. The van der Waals surface area contributed by atoms with Crippen molar-refractivity contribution in [1.82, 2.24) is 0 Å². The van der Waals surface area contributed by atoms with Gasteiger partial charge in [0.05, 0.1) is 0 Å². The fourth-order valence-electron chi connectivity index (χ4n) is 0.273. The molecule has 0 spiro atoms. The minimum atomic E-state index is -1.17. The molecule has 0 aliphatic carbocycles. The maximum atomic E-state index is 10.3. The monoisotopic (exact) mass is 170 g/mol. The normalized spacial score (nSPS) is 10.6. The molecule has 0 saturated heterocycles. The average Bonchev–Trinajstić information content (AvgIpc) is 1.87. The van der Waals surface area contributed by atoms with E-state index in [2.05, 4.69) is 11.3 Å². The first-order valence-electron chi connectivity index (χ1n) is 2.63. The van der Waals surface area contributed by atoms with E-state index >= 15 is 0 Å². The zero-order valence-corrected chi connectivity index (χ0v) is 5.53. The van der Waals surface area contributed by atoms with E-state index in [1.165, 1.54) is 6.92 Å². The summed E-state index contributed by atoms with van der Waals surface area (Å²) >= 11 is 0. The zero-order chi connectivity index (χ0) is 8.15. The Balaban J connectivity index is 0. The molecule has 0 aliphatic rings. The van der Waals surface area contributed by atoms with E-state index in [1.54, 1.807) is 0 Å². The second-order valence-electron chi connectivity index (χ2n) is 1.62. The van der Waals surface area contributed by atoms with E-state index in [4.69, 9.17) is 5.11 Å². The van der Waals surface area contributed by atoms with Gasteiger partial charge in [-0.1, -0.05) is 6.58 Å². The molecule has 1 N–H and O–H groups in total. The molecule has 0 fully saturated rings. The average molecular weight is 170 g/mol. The van der Waals surface area contributed by atoms with Crippen molar-refractivity contribution in [3.8, 4) is 0 Å². The third-order valence-corrected chi connectivity index (χ3v) is 0.807. The van der Waals surface area contributed by atoms with Crippen molar-refractivity contribution in [3.63, 3.8) is 0 Å². The Morgan fingerprint density at radius 3 is 2.36 bits per heavy atom. The number of aliphatic carboxylic acids is 1. The van der Waals surface area contributed by atoms with Gasteiger partial charge in [0.2, 0.25) is 0 Å². The van der Waals surface area contributed by atoms with Crippen LogP contribution in [0.1, 0.15) is 6.92 Å². The zero-order valence-electron chi connectivity index (χ0n) is 5.53.